The van der Waals surface area contributed by atoms with Crippen LogP contribution in [0.2, 0.25) is 0 Å². The molecular formula is C13H13N3O. The molecule has 2 aromatic rings. The van der Waals surface area contributed by atoms with Crippen LogP contribution in [0.3, 0.4) is 0 Å². The van der Waals surface area contributed by atoms with Crippen LogP contribution < -0.4 is 10.9 Å². The summed E-state index contributed by atoms with van der Waals surface area (Å²) in [7, 11) is 1.87. The van der Waals surface area contributed by atoms with Crippen molar-refractivity contribution in [3.8, 4) is 0 Å². The van der Waals surface area contributed by atoms with E-state index in [1.165, 1.54) is 0 Å². The Kier molecular flexibility index (Phi) is 3.35. The van der Waals surface area contributed by atoms with Crippen LogP contribution >= 0.6 is 0 Å². The predicted octanol–water partition coefficient (Wildman–Crippen LogP) is 1.27. The van der Waals surface area contributed by atoms with Gasteiger partial charge in [0.05, 0.1) is 0 Å². The highest BCUT2D eigenvalue weighted by molar-refractivity contribution is 5.93. The molecule has 86 valence electrons. The number of amides is 1. The van der Waals surface area contributed by atoms with Crippen LogP contribution in [0.5, 0.6) is 0 Å². The van der Waals surface area contributed by atoms with Crippen LogP contribution in [-0.4, -0.2) is 10.5 Å². The number of rotatable bonds is 2. The molecule has 0 aliphatic heterocycles. The molecule has 1 amide bonds. The molecule has 1 N–H and O–H groups in total. The summed E-state index contributed by atoms with van der Waals surface area (Å²) in [4.78, 5) is 11.7. The Labute approximate surface area is 99.2 Å². The molecule has 0 unspecified atom stereocenters. The maximum atomic E-state index is 11.7. The molecule has 0 aliphatic carbocycles. The minimum atomic E-state index is -0.213. The highest BCUT2D eigenvalue weighted by Gasteiger charge is 2.01. The van der Waals surface area contributed by atoms with Crippen LogP contribution in [0, 0.1) is 0 Å². The number of aromatic nitrogens is 1. The molecule has 17 heavy (non-hydrogen) atoms. The molecule has 0 spiro atoms. The first kappa shape index (κ1) is 11.1. The first-order valence-corrected chi connectivity index (χ1v) is 5.28. The second-order valence-electron chi connectivity index (χ2n) is 3.59. The molecule has 1 aromatic heterocycles. The number of pyridine rings is 1. The van der Waals surface area contributed by atoms with Gasteiger partial charge in [0.15, 0.2) is 5.49 Å². The van der Waals surface area contributed by atoms with Gasteiger partial charge in [-0.25, -0.2) is 5.43 Å². The van der Waals surface area contributed by atoms with E-state index in [1.54, 1.807) is 12.1 Å². The van der Waals surface area contributed by atoms with Gasteiger partial charge in [0.2, 0.25) is 0 Å². The van der Waals surface area contributed by atoms with E-state index < -0.39 is 0 Å². The van der Waals surface area contributed by atoms with Crippen molar-refractivity contribution in [3.05, 3.63) is 65.8 Å². The van der Waals surface area contributed by atoms with Crippen LogP contribution in [0.15, 0.2) is 59.8 Å². The number of nitrogens with one attached hydrogen (secondary N) is 1. The number of hydrogen-bond acceptors (Lipinski definition) is 2. The highest BCUT2D eigenvalue weighted by Crippen LogP contribution is 1.97. The summed E-state index contributed by atoms with van der Waals surface area (Å²) in [5.74, 6) is -0.213. The molecule has 4 heteroatoms. The summed E-state index contributed by atoms with van der Waals surface area (Å²) in [6.45, 7) is 0. The standard InChI is InChI=1S/C13H13N3O/c1-16-10-6-5-9-12(16)14-15-13(17)11-7-3-2-4-8-11/h2-10H,1H3,(H,15,17)/b14-12+. The maximum Gasteiger partial charge on any atom is 0.271 e. The van der Waals surface area contributed by atoms with E-state index >= 15 is 0 Å². The zero-order valence-electron chi connectivity index (χ0n) is 9.50. The summed E-state index contributed by atoms with van der Waals surface area (Å²) in [5, 5.41) is 4.05. The third-order valence-electron chi connectivity index (χ3n) is 2.34. The molecule has 0 atom stereocenters. The van der Waals surface area contributed by atoms with Crippen molar-refractivity contribution >= 4 is 5.91 Å². The average molecular weight is 227 g/mol. The van der Waals surface area contributed by atoms with Crippen molar-refractivity contribution in [2.75, 3.05) is 0 Å². The summed E-state index contributed by atoms with van der Waals surface area (Å²) >= 11 is 0. The fourth-order valence-corrected chi connectivity index (χ4v) is 1.39. The van der Waals surface area contributed by atoms with E-state index in [4.69, 9.17) is 0 Å². The molecule has 0 radical (unpaired) electrons. The smallest absolute Gasteiger partial charge is 0.271 e. The molecule has 0 bridgehead atoms. The molecule has 1 aromatic carbocycles. The van der Waals surface area contributed by atoms with E-state index in [0.29, 0.717) is 11.1 Å². The lowest BCUT2D eigenvalue weighted by Gasteiger charge is -2.00. The second kappa shape index (κ2) is 5.12. The molecule has 0 fully saturated rings. The van der Waals surface area contributed by atoms with Crippen LogP contribution in [0.4, 0.5) is 0 Å². The van der Waals surface area contributed by atoms with Gasteiger partial charge in [-0.05, 0) is 24.3 Å². The fourth-order valence-electron chi connectivity index (χ4n) is 1.39. The van der Waals surface area contributed by atoms with Gasteiger partial charge in [0, 0.05) is 18.8 Å². The van der Waals surface area contributed by atoms with Crippen molar-refractivity contribution in [2.24, 2.45) is 12.1 Å². The monoisotopic (exact) mass is 227 g/mol. The number of nitrogens with zero attached hydrogens (tertiary/aromatic N) is 2. The van der Waals surface area contributed by atoms with Gasteiger partial charge in [-0.15, -0.1) is 0 Å². The van der Waals surface area contributed by atoms with Crippen molar-refractivity contribution in [2.45, 2.75) is 0 Å². The van der Waals surface area contributed by atoms with Crippen molar-refractivity contribution in [3.63, 3.8) is 0 Å². The first-order chi connectivity index (χ1) is 8.27. The van der Waals surface area contributed by atoms with Crippen LogP contribution in [-0.2, 0) is 7.05 Å². The molecule has 0 saturated heterocycles. The third kappa shape index (κ3) is 2.81. The van der Waals surface area contributed by atoms with Crippen molar-refractivity contribution in [1.82, 2.24) is 9.99 Å². The average Bonchev–Trinajstić information content (AvgIpc) is 2.38. The van der Waals surface area contributed by atoms with E-state index in [0.717, 1.165) is 0 Å². The lowest BCUT2D eigenvalue weighted by atomic mass is 10.2. The summed E-state index contributed by atoms with van der Waals surface area (Å²) in [6.07, 6.45) is 1.87. The van der Waals surface area contributed by atoms with E-state index in [1.807, 2.05) is 54.2 Å². The normalized spacial score (nSPS) is 11.2. The molecule has 1 heterocycles. The fraction of sp³-hybridized carbons (Fsp3) is 0.0769. The molecule has 2 rings (SSSR count). The number of benzene rings is 1. The molecular weight excluding hydrogens is 214 g/mol. The molecule has 0 saturated carbocycles. The Morgan fingerprint density at radius 1 is 1.12 bits per heavy atom. The number of hydrogen-bond donors (Lipinski definition) is 1. The van der Waals surface area contributed by atoms with Crippen LogP contribution in [0.25, 0.3) is 0 Å². The Bertz CT molecular complexity index is 572. The number of carbonyl (C=O) groups is 1. The number of carbonyl (C=O) groups excluding carboxylic acids is 1. The van der Waals surface area contributed by atoms with E-state index in [9.17, 15) is 4.79 Å². The molecule has 0 aliphatic rings. The number of aryl methyl sites for hydroxylation is 1. The summed E-state index contributed by atoms with van der Waals surface area (Å²) < 4.78 is 1.82. The Hall–Kier alpha value is -2.36. The van der Waals surface area contributed by atoms with E-state index in [2.05, 4.69) is 10.5 Å². The highest BCUT2D eigenvalue weighted by atomic mass is 16.2. The van der Waals surface area contributed by atoms with Gasteiger partial charge in [-0.2, -0.15) is 5.10 Å². The summed E-state index contributed by atoms with van der Waals surface area (Å²) in [6, 6.07) is 14.6. The first-order valence-electron chi connectivity index (χ1n) is 5.28. The third-order valence-corrected chi connectivity index (χ3v) is 2.34. The SMILES string of the molecule is Cn1cccc/c1=N\NC(=O)c1ccccc1. The van der Waals surface area contributed by atoms with Gasteiger partial charge < -0.3 is 4.57 Å². The van der Waals surface area contributed by atoms with Gasteiger partial charge in [0.25, 0.3) is 5.91 Å². The predicted molar refractivity (Wildman–Crippen MR) is 64.9 cm³/mol. The van der Waals surface area contributed by atoms with Crippen molar-refractivity contribution in [1.29, 1.82) is 0 Å². The Morgan fingerprint density at radius 2 is 1.82 bits per heavy atom. The van der Waals surface area contributed by atoms with Crippen LogP contribution in [0.1, 0.15) is 10.4 Å². The zero-order valence-corrected chi connectivity index (χ0v) is 9.50. The quantitative estimate of drug-likeness (QED) is 0.772. The maximum absolute atomic E-state index is 11.7. The van der Waals surface area contributed by atoms with E-state index in [-0.39, 0.29) is 5.91 Å². The lowest BCUT2D eigenvalue weighted by molar-refractivity contribution is 0.0952. The zero-order chi connectivity index (χ0) is 12.1. The largest absolute Gasteiger partial charge is 0.335 e. The molecule has 4 nitrogen and oxygen atoms in total. The van der Waals surface area contributed by atoms with Gasteiger partial charge >= 0.3 is 0 Å². The minimum Gasteiger partial charge on any atom is -0.335 e. The lowest BCUT2D eigenvalue weighted by Crippen LogP contribution is -2.25. The Balaban J connectivity index is 2.17. The Morgan fingerprint density at radius 3 is 2.53 bits per heavy atom. The van der Waals surface area contributed by atoms with Gasteiger partial charge in [-0.3, -0.25) is 4.79 Å². The van der Waals surface area contributed by atoms with Crippen molar-refractivity contribution < 1.29 is 4.79 Å². The topological polar surface area (TPSA) is 46.4 Å². The minimum absolute atomic E-state index is 0.213. The van der Waals surface area contributed by atoms with Gasteiger partial charge in [-0.1, -0.05) is 24.3 Å². The van der Waals surface area contributed by atoms with Gasteiger partial charge in [0.1, 0.15) is 0 Å². The summed E-state index contributed by atoms with van der Waals surface area (Å²) in [5.41, 5.74) is 3.81. The second-order valence-corrected chi connectivity index (χ2v) is 3.59.